The van der Waals surface area contributed by atoms with E-state index in [-0.39, 0.29) is 13.5 Å². The van der Waals surface area contributed by atoms with Gasteiger partial charge in [0.2, 0.25) is 0 Å². The van der Waals surface area contributed by atoms with Crippen LogP contribution in [0, 0.1) is 5.92 Å². The van der Waals surface area contributed by atoms with Gasteiger partial charge in [0.25, 0.3) is 0 Å². The van der Waals surface area contributed by atoms with Crippen molar-refractivity contribution in [2.45, 2.75) is 51.2 Å². The van der Waals surface area contributed by atoms with Crippen molar-refractivity contribution in [1.29, 1.82) is 0 Å². The Kier molecular flexibility index (Phi) is 5.79. The second kappa shape index (κ2) is 8.73. The average Bonchev–Trinajstić information content (AvgIpc) is 3.29. The van der Waals surface area contributed by atoms with Crippen LogP contribution in [-0.4, -0.2) is 13.7 Å². The molecule has 0 amide bonds. The Morgan fingerprint density at radius 1 is 0.688 bits per heavy atom. The first-order valence-corrected chi connectivity index (χ1v) is 11.7. The molecule has 0 radical (unpaired) electrons. The zero-order valence-electron chi connectivity index (χ0n) is 17.9. The summed E-state index contributed by atoms with van der Waals surface area (Å²) in [5, 5.41) is 8.96. The molecular weight excluding hydrogens is 389 g/mol. The van der Waals surface area contributed by atoms with Crippen molar-refractivity contribution in [3.63, 3.8) is 0 Å². The Morgan fingerprint density at radius 3 is 1.81 bits per heavy atom. The highest BCUT2D eigenvalue weighted by Crippen LogP contribution is 2.49. The number of benzene rings is 4. The molecule has 0 bridgehead atoms. The third-order valence-corrected chi connectivity index (χ3v) is 7.54. The molecule has 4 aromatic rings. The van der Waals surface area contributed by atoms with Gasteiger partial charge in [-0.05, 0) is 51.4 Å². The number of hydrogen-bond acceptors (Lipinski definition) is 2. The van der Waals surface area contributed by atoms with Crippen molar-refractivity contribution < 1.29 is 4.65 Å². The fraction of sp³-hybridized carbons (Fsp3) is 0.310. The van der Waals surface area contributed by atoms with E-state index in [2.05, 4.69) is 90.2 Å². The van der Waals surface area contributed by atoms with Crippen LogP contribution in [0.25, 0.3) is 21.5 Å². The smallest absolute Gasteiger partial charge is 0.362 e. The number of nitrogens with one attached hydrogen (secondary N) is 1. The van der Waals surface area contributed by atoms with Crippen LogP contribution in [0.15, 0.2) is 84.9 Å². The summed E-state index contributed by atoms with van der Waals surface area (Å²) in [5.74, 6) is 0.620. The Hall–Kier alpha value is -2.62. The van der Waals surface area contributed by atoms with Crippen molar-refractivity contribution >= 4 is 29.2 Å². The molecule has 2 aliphatic rings. The number of rotatable bonds is 3. The fourth-order valence-corrected chi connectivity index (χ4v) is 6.18. The van der Waals surface area contributed by atoms with Crippen LogP contribution in [0.5, 0.6) is 0 Å². The van der Waals surface area contributed by atoms with Crippen molar-refractivity contribution in [1.82, 2.24) is 5.23 Å². The van der Waals surface area contributed by atoms with Gasteiger partial charge in [-0.15, -0.1) is 0 Å². The maximum Gasteiger partial charge on any atom is 0.362 e. The lowest BCUT2D eigenvalue weighted by Crippen LogP contribution is -2.48. The summed E-state index contributed by atoms with van der Waals surface area (Å²) in [5.41, 5.74) is 2.09. The van der Waals surface area contributed by atoms with E-state index in [4.69, 9.17) is 4.65 Å². The van der Waals surface area contributed by atoms with E-state index in [1.807, 2.05) is 0 Å². The normalized spacial score (nSPS) is 20.7. The van der Waals surface area contributed by atoms with E-state index in [9.17, 15) is 0 Å². The molecule has 162 valence electrons. The average molecular weight is 421 g/mol. The quantitative estimate of drug-likeness (QED) is 0.371. The van der Waals surface area contributed by atoms with Gasteiger partial charge in [-0.1, -0.05) is 112 Å². The third kappa shape index (κ3) is 3.27. The minimum absolute atomic E-state index is 0. The van der Waals surface area contributed by atoms with Crippen LogP contribution in [0.2, 0.25) is 0 Å². The standard InChI is InChI=1S/C28H28BNO.CH4/c1-2-12-22(13-3-1)27-28(31-29-30-27,25-18-8-14-20-10-4-6-16-23(20)25)26-19-9-15-21-11-5-7-17-24(21)26;/h4-11,14-19,22,27,29-30H,1-3,12-13H2;1H4/t27-;/m1./s1. The van der Waals surface area contributed by atoms with E-state index in [1.54, 1.807) is 0 Å². The molecule has 1 heterocycles. The maximum absolute atomic E-state index is 6.88. The molecule has 1 N–H and O–H groups in total. The fourth-order valence-electron chi connectivity index (χ4n) is 6.18. The zero-order valence-corrected chi connectivity index (χ0v) is 17.9. The van der Waals surface area contributed by atoms with Gasteiger partial charge in [-0.25, -0.2) is 0 Å². The van der Waals surface area contributed by atoms with Crippen LogP contribution in [0.3, 0.4) is 0 Å². The van der Waals surface area contributed by atoms with Gasteiger partial charge < -0.3 is 9.88 Å². The van der Waals surface area contributed by atoms with E-state index < -0.39 is 5.60 Å². The molecular formula is C29H32BNO. The minimum atomic E-state index is -0.496. The first-order valence-electron chi connectivity index (χ1n) is 11.7. The Labute approximate surface area is 192 Å². The molecule has 1 aliphatic heterocycles. The Balaban J connectivity index is 0.00000216. The highest BCUT2D eigenvalue weighted by molar-refractivity contribution is 6.25. The lowest BCUT2D eigenvalue weighted by atomic mass is 9.69. The van der Waals surface area contributed by atoms with Gasteiger partial charge in [-0.2, -0.15) is 0 Å². The molecule has 1 aliphatic carbocycles. The first kappa shape index (κ1) is 21.2. The Morgan fingerprint density at radius 2 is 1.22 bits per heavy atom. The third-order valence-electron chi connectivity index (χ3n) is 7.54. The second-order valence-electron chi connectivity index (χ2n) is 9.16. The van der Waals surface area contributed by atoms with Gasteiger partial charge in [0.05, 0.1) is 0 Å². The lowest BCUT2D eigenvalue weighted by molar-refractivity contribution is 0.0832. The molecule has 2 fully saturated rings. The number of hydrogen-bond donors (Lipinski definition) is 1. The van der Waals surface area contributed by atoms with E-state index in [0.717, 1.165) is 0 Å². The van der Waals surface area contributed by atoms with Gasteiger partial charge >= 0.3 is 7.62 Å². The molecule has 2 nitrogen and oxygen atoms in total. The van der Waals surface area contributed by atoms with Crippen molar-refractivity contribution in [2.75, 3.05) is 0 Å². The molecule has 0 spiro atoms. The van der Waals surface area contributed by atoms with Crippen LogP contribution >= 0.6 is 0 Å². The van der Waals surface area contributed by atoms with Gasteiger partial charge in [-0.3, -0.25) is 0 Å². The molecule has 1 saturated carbocycles. The molecule has 1 atom stereocenters. The van der Waals surface area contributed by atoms with E-state index in [0.29, 0.717) is 13.5 Å². The van der Waals surface area contributed by atoms with Crippen LogP contribution in [0.1, 0.15) is 50.7 Å². The van der Waals surface area contributed by atoms with Gasteiger partial charge in [0, 0.05) is 6.04 Å². The molecule has 0 unspecified atom stereocenters. The molecule has 6 rings (SSSR count). The molecule has 32 heavy (non-hydrogen) atoms. The summed E-state index contributed by atoms with van der Waals surface area (Å²) in [6.45, 7) is 0. The topological polar surface area (TPSA) is 21.3 Å². The first-order chi connectivity index (χ1) is 15.4. The zero-order chi connectivity index (χ0) is 20.7. The predicted molar refractivity (Wildman–Crippen MR) is 137 cm³/mol. The highest BCUT2D eigenvalue weighted by Gasteiger charge is 2.51. The monoisotopic (exact) mass is 421 g/mol. The largest absolute Gasteiger partial charge is 0.409 e. The van der Waals surface area contributed by atoms with E-state index >= 15 is 0 Å². The molecule has 1 saturated heterocycles. The minimum Gasteiger partial charge on any atom is -0.409 e. The van der Waals surface area contributed by atoms with Crippen molar-refractivity contribution in [2.24, 2.45) is 5.92 Å². The summed E-state index contributed by atoms with van der Waals surface area (Å²) in [4.78, 5) is 0. The molecule has 4 aromatic carbocycles. The lowest BCUT2D eigenvalue weighted by Gasteiger charge is -2.42. The second-order valence-corrected chi connectivity index (χ2v) is 9.16. The SMILES string of the molecule is B1N[C@H](C2CCCCC2)C(c2cccc3ccccc23)(c2cccc3ccccc23)O1.C. The summed E-state index contributed by atoms with van der Waals surface area (Å²) in [6.07, 6.45) is 6.56. The summed E-state index contributed by atoms with van der Waals surface area (Å²) < 4.78 is 6.88. The summed E-state index contributed by atoms with van der Waals surface area (Å²) in [6, 6.07) is 31.2. The Bertz CT molecular complexity index is 1140. The molecule has 3 heteroatoms. The maximum atomic E-state index is 6.88. The summed E-state index contributed by atoms with van der Waals surface area (Å²) >= 11 is 0. The van der Waals surface area contributed by atoms with Crippen LogP contribution in [-0.2, 0) is 10.3 Å². The van der Waals surface area contributed by atoms with Gasteiger partial charge in [0.1, 0.15) is 5.60 Å². The van der Waals surface area contributed by atoms with Crippen molar-refractivity contribution in [3.8, 4) is 0 Å². The van der Waals surface area contributed by atoms with Gasteiger partial charge in [0.15, 0.2) is 0 Å². The van der Waals surface area contributed by atoms with Crippen molar-refractivity contribution in [3.05, 3.63) is 96.1 Å². The van der Waals surface area contributed by atoms with E-state index in [1.165, 1.54) is 64.8 Å². The van der Waals surface area contributed by atoms with Crippen LogP contribution in [0.4, 0.5) is 0 Å². The highest BCUT2D eigenvalue weighted by atomic mass is 16.5. The number of fused-ring (bicyclic) bond motifs is 2. The summed E-state index contributed by atoms with van der Waals surface area (Å²) in [7, 11) is 0.591. The van der Waals surface area contributed by atoms with Crippen LogP contribution < -0.4 is 5.23 Å². The predicted octanol–water partition coefficient (Wildman–Crippen LogP) is 6.71. The molecule has 0 aromatic heterocycles.